The molecular formula is C21H20N4O4. The predicted octanol–water partition coefficient (Wildman–Crippen LogP) is 3.30. The fourth-order valence-corrected chi connectivity index (χ4v) is 4.21. The van der Waals surface area contributed by atoms with E-state index in [1.54, 1.807) is 25.2 Å². The zero-order valence-electron chi connectivity index (χ0n) is 16.1. The maximum Gasteiger partial charge on any atom is 0.226 e. The summed E-state index contributed by atoms with van der Waals surface area (Å²) in [6, 6.07) is 9.04. The van der Waals surface area contributed by atoms with Gasteiger partial charge in [0.1, 0.15) is 18.1 Å². The van der Waals surface area contributed by atoms with Gasteiger partial charge in [0.2, 0.25) is 5.95 Å². The van der Waals surface area contributed by atoms with Crippen molar-refractivity contribution in [3.8, 4) is 11.5 Å². The van der Waals surface area contributed by atoms with E-state index < -0.39 is 0 Å². The lowest BCUT2D eigenvalue weighted by atomic mass is 9.79. The highest BCUT2D eigenvalue weighted by atomic mass is 16.5. The number of hydrogen-bond donors (Lipinski definition) is 1. The summed E-state index contributed by atoms with van der Waals surface area (Å²) in [6.45, 7) is 0. The molecule has 0 bridgehead atoms. The molecule has 1 aliphatic carbocycles. The van der Waals surface area contributed by atoms with E-state index >= 15 is 0 Å². The smallest absolute Gasteiger partial charge is 0.226 e. The second-order valence-corrected chi connectivity index (χ2v) is 7.11. The number of aromatic nitrogens is 3. The first kappa shape index (κ1) is 17.5. The Balaban J connectivity index is 1.62. The molecule has 3 heterocycles. The number of nitrogens with zero attached hydrogens (tertiary/aromatic N) is 3. The first-order valence-corrected chi connectivity index (χ1v) is 9.37. The van der Waals surface area contributed by atoms with Gasteiger partial charge in [0.25, 0.3) is 0 Å². The van der Waals surface area contributed by atoms with Gasteiger partial charge in [0, 0.05) is 23.6 Å². The maximum absolute atomic E-state index is 13.3. The highest BCUT2D eigenvalue weighted by Gasteiger charge is 2.40. The van der Waals surface area contributed by atoms with Gasteiger partial charge in [-0.15, -0.1) is 0 Å². The minimum absolute atomic E-state index is 0.00396. The fourth-order valence-electron chi connectivity index (χ4n) is 4.21. The lowest BCUT2D eigenvalue weighted by molar-refractivity contribution is -0.117. The molecule has 1 aliphatic heterocycles. The van der Waals surface area contributed by atoms with Crippen molar-refractivity contribution in [3.05, 3.63) is 65.5 Å². The summed E-state index contributed by atoms with van der Waals surface area (Å²) in [4.78, 5) is 17.6. The molecule has 2 aromatic heterocycles. The molecule has 2 atom stereocenters. The summed E-state index contributed by atoms with van der Waals surface area (Å²) < 4.78 is 18.1. The molecule has 2 aliphatic rings. The number of allylic oxidation sites excluding steroid dienone is 2. The van der Waals surface area contributed by atoms with Crippen LogP contribution < -0.4 is 14.8 Å². The molecule has 148 valence electrons. The molecule has 29 heavy (non-hydrogen) atoms. The van der Waals surface area contributed by atoms with E-state index in [2.05, 4.69) is 15.4 Å². The van der Waals surface area contributed by atoms with Crippen LogP contribution >= 0.6 is 0 Å². The van der Waals surface area contributed by atoms with Gasteiger partial charge in [-0.25, -0.2) is 4.68 Å². The topological polar surface area (TPSA) is 91.4 Å². The van der Waals surface area contributed by atoms with Crippen LogP contribution in [0.2, 0.25) is 0 Å². The van der Waals surface area contributed by atoms with Crippen LogP contribution in [0.4, 0.5) is 5.95 Å². The van der Waals surface area contributed by atoms with Crippen LogP contribution in [0.25, 0.3) is 0 Å². The zero-order chi connectivity index (χ0) is 20.0. The monoisotopic (exact) mass is 392 g/mol. The van der Waals surface area contributed by atoms with E-state index in [9.17, 15) is 4.79 Å². The number of benzene rings is 1. The van der Waals surface area contributed by atoms with E-state index in [-0.39, 0.29) is 17.7 Å². The maximum atomic E-state index is 13.3. The van der Waals surface area contributed by atoms with Crippen molar-refractivity contribution in [2.45, 2.75) is 24.8 Å². The molecule has 0 unspecified atom stereocenters. The summed E-state index contributed by atoms with van der Waals surface area (Å²) in [6.07, 6.45) is 4.19. The number of rotatable bonds is 4. The molecule has 8 heteroatoms. The summed E-state index contributed by atoms with van der Waals surface area (Å²) in [7, 11) is 3.19. The Kier molecular flexibility index (Phi) is 4.12. The molecule has 1 N–H and O–H groups in total. The Bertz CT molecular complexity index is 1100. The number of furan rings is 1. The Morgan fingerprint density at radius 3 is 2.79 bits per heavy atom. The van der Waals surface area contributed by atoms with Crippen molar-refractivity contribution < 1.29 is 18.7 Å². The van der Waals surface area contributed by atoms with Gasteiger partial charge >= 0.3 is 0 Å². The number of fused-ring (bicyclic) bond motifs is 1. The number of ketones is 1. The number of hydrogen-bond acceptors (Lipinski definition) is 7. The van der Waals surface area contributed by atoms with Crippen molar-refractivity contribution in [1.29, 1.82) is 0 Å². The van der Waals surface area contributed by atoms with Gasteiger partial charge in [0.15, 0.2) is 17.3 Å². The minimum atomic E-state index is -0.381. The Morgan fingerprint density at radius 2 is 2.03 bits per heavy atom. The average Bonchev–Trinajstić information content (AvgIpc) is 3.43. The predicted molar refractivity (Wildman–Crippen MR) is 104 cm³/mol. The second kappa shape index (κ2) is 6.80. The molecule has 0 fully saturated rings. The third-order valence-electron chi connectivity index (χ3n) is 5.53. The quantitative estimate of drug-likeness (QED) is 0.728. The molecule has 5 rings (SSSR count). The van der Waals surface area contributed by atoms with Gasteiger partial charge in [-0.3, -0.25) is 4.79 Å². The van der Waals surface area contributed by atoms with Crippen LogP contribution in [-0.2, 0) is 4.79 Å². The summed E-state index contributed by atoms with van der Waals surface area (Å²) in [5.74, 6) is 2.73. The van der Waals surface area contributed by atoms with Gasteiger partial charge < -0.3 is 19.2 Å². The number of carbonyl (C=O) groups excluding carboxylic acids is 1. The normalized spacial score (nSPS) is 20.7. The van der Waals surface area contributed by atoms with Crippen LogP contribution in [0, 0.1) is 0 Å². The summed E-state index contributed by atoms with van der Waals surface area (Å²) in [5.41, 5.74) is 2.45. The standard InChI is InChI=1S/C21H20N4O4/c1-27-17-6-5-12(10-18(17)28-2)20-19-14(24-21-22-11-23-25(20)21)8-13(9-15(19)26)16-4-3-7-29-16/h3-7,10-11,13,20H,8-9H2,1-2H3,(H,22,23,24)/t13-,20+/m0/s1. The number of nitrogens with one attached hydrogen (secondary N) is 1. The number of Topliss-reactive ketones (excluding diaryl/α,β-unsaturated/α-hetero) is 1. The third kappa shape index (κ3) is 2.79. The van der Waals surface area contributed by atoms with Crippen LogP contribution in [0.5, 0.6) is 11.5 Å². The largest absolute Gasteiger partial charge is 0.493 e. The second-order valence-electron chi connectivity index (χ2n) is 7.11. The number of methoxy groups -OCH3 is 2. The van der Waals surface area contributed by atoms with Crippen LogP contribution in [0.1, 0.15) is 36.1 Å². The Hall–Kier alpha value is -3.55. The SMILES string of the molecule is COc1ccc([C@@H]2C3=C(C[C@H](c4ccco4)CC3=O)Nc3ncnn32)cc1OC. The molecule has 3 aromatic rings. The lowest BCUT2D eigenvalue weighted by Gasteiger charge is -2.34. The molecular weight excluding hydrogens is 372 g/mol. The van der Waals surface area contributed by atoms with Crippen molar-refractivity contribution in [3.63, 3.8) is 0 Å². The van der Waals surface area contributed by atoms with E-state index in [1.807, 2.05) is 30.3 Å². The highest BCUT2D eigenvalue weighted by molar-refractivity contribution is 6.00. The van der Waals surface area contributed by atoms with E-state index in [0.29, 0.717) is 35.9 Å². The van der Waals surface area contributed by atoms with E-state index in [4.69, 9.17) is 13.9 Å². The van der Waals surface area contributed by atoms with Gasteiger partial charge in [-0.05, 0) is 36.2 Å². The first-order valence-electron chi connectivity index (χ1n) is 9.37. The first-order chi connectivity index (χ1) is 14.2. The van der Waals surface area contributed by atoms with Crippen molar-refractivity contribution in [2.24, 2.45) is 0 Å². The van der Waals surface area contributed by atoms with Crippen molar-refractivity contribution >= 4 is 11.7 Å². The van der Waals surface area contributed by atoms with Gasteiger partial charge in [-0.2, -0.15) is 10.1 Å². The molecule has 8 nitrogen and oxygen atoms in total. The molecule has 0 amide bonds. The van der Waals surface area contributed by atoms with Crippen LogP contribution in [0.15, 0.2) is 58.6 Å². The van der Waals surface area contributed by atoms with E-state index in [1.165, 1.54) is 6.33 Å². The van der Waals surface area contributed by atoms with E-state index in [0.717, 1.165) is 17.0 Å². The van der Waals surface area contributed by atoms with Gasteiger partial charge in [0.05, 0.1) is 20.5 Å². The zero-order valence-corrected chi connectivity index (χ0v) is 16.1. The van der Waals surface area contributed by atoms with Crippen LogP contribution in [0.3, 0.4) is 0 Å². The summed E-state index contributed by atoms with van der Waals surface area (Å²) in [5, 5.41) is 7.68. The Labute approximate surface area is 167 Å². The van der Waals surface area contributed by atoms with Crippen LogP contribution in [-0.4, -0.2) is 34.8 Å². The third-order valence-corrected chi connectivity index (χ3v) is 5.53. The molecule has 0 saturated carbocycles. The van der Waals surface area contributed by atoms with Gasteiger partial charge in [-0.1, -0.05) is 6.07 Å². The minimum Gasteiger partial charge on any atom is -0.493 e. The fraction of sp³-hybridized carbons (Fsp3) is 0.286. The summed E-state index contributed by atoms with van der Waals surface area (Å²) >= 11 is 0. The number of carbonyl (C=O) groups is 1. The molecule has 0 spiro atoms. The molecule has 0 saturated heterocycles. The number of anilines is 1. The van der Waals surface area contributed by atoms with Crippen molar-refractivity contribution in [2.75, 3.05) is 19.5 Å². The Morgan fingerprint density at radius 1 is 1.17 bits per heavy atom. The molecule has 1 aromatic carbocycles. The highest BCUT2D eigenvalue weighted by Crippen LogP contribution is 2.45. The number of ether oxygens (including phenoxy) is 2. The lowest BCUT2D eigenvalue weighted by Crippen LogP contribution is -2.33. The molecule has 0 radical (unpaired) electrons. The average molecular weight is 392 g/mol. The van der Waals surface area contributed by atoms with Crippen molar-refractivity contribution in [1.82, 2.24) is 14.8 Å².